The summed E-state index contributed by atoms with van der Waals surface area (Å²) in [4.78, 5) is 12.3. The van der Waals surface area contributed by atoms with Crippen LogP contribution in [0.1, 0.15) is 53.1 Å². The fourth-order valence-electron chi connectivity index (χ4n) is 2.42. The van der Waals surface area contributed by atoms with Crippen molar-refractivity contribution in [1.82, 2.24) is 15.5 Å². The number of carbonyl (C=O) groups excluding carboxylic acids is 1. The van der Waals surface area contributed by atoms with Gasteiger partial charge >= 0.3 is 0 Å². The molecule has 0 saturated heterocycles. The summed E-state index contributed by atoms with van der Waals surface area (Å²) in [6.45, 7) is 7.90. The largest absolute Gasteiger partial charge is 0.390 e. The smallest absolute Gasteiger partial charge is 0.251 e. The second kappa shape index (κ2) is 6.96. The first-order valence-corrected chi connectivity index (χ1v) is 7.86. The molecule has 0 spiro atoms. The van der Waals surface area contributed by atoms with Gasteiger partial charge in [0, 0.05) is 23.4 Å². The molecule has 2 aromatic rings. The zero-order chi connectivity index (χ0) is 17.0. The summed E-state index contributed by atoms with van der Waals surface area (Å²) in [5.41, 5.74) is 3.89. The molecule has 23 heavy (non-hydrogen) atoms. The van der Waals surface area contributed by atoms with Crippen LogP contribution in [0.3, 0.4) is 0 Å². The second-order valence-corrected chi connectivity index (χ2v) is 6.61. The molecule has 0 aliphatic rings. The second-order valence-electron chi connectivity index (χ2n) is 6.61. The predicted octanol–water partition coefficient (Wildman–Crippen LogP) is 2.66. The number of hydrogen-bond donors (Lipinski definition) is 3. The molecule has 1 heterocycles. The molecule has 124 valence electrons. The van der Waals surface area contributed by atoms with Crippen LogP contribution in [0.2, 0.25) is 0 Å². The quantitative estimate of drug-likeness (QED) is 0.767. The molecule has 5 nitrogen and oxygen atoms in total. The number of aromatic amines is 1. The molecule has 1 aromatic carbocycles. The number of benzene rings is 1. The van der Waals surface area contributed by atoms with Crippen LogP contribution in [-0.4, -0.2) is 26.8 Å². The number of aliphatic hydroxyl groups is 1. The van der Waals surface area contributed by atoms with E-state index in [0.29, 0.717) is 18.5 Å². The van der Waals surface area contributed by atoms with Crippen molar-refractivity contribution in [3.05, 3.63) is 52.3 Å². The number of amides is 1. The Bertz CT molecular complexity index is 664. The number of H-pyrrole nitrogens is 1. The number of carbonyl (C=O) groups is 1. The van der Waals surface area contributed by atoms with Crippen LogP contribution in [-0.2, 0) is 13.0 Å². The van der Waals surface area contributed by atoms with Gasteiger partial charge in [0.05, 0.1) is 11.3 Å². The van der Waals surface area contributed by atoms with Crippen molar-refractivity contribution >= 4 is 5.91 Å². The maximum absolute atomic E-state index is 12.3. The fraction of sp³-hybridized carbons (Fsp3) is 0.444. The molecule has 0 fully saturated rings. The van der Waals surface area contributed by atoms with E-state index in [1.165, 1.54) is 0 Å². The highest BCUT2D eigenvalue weighted by Crippen LogP contribution is 2.15. The van der Waals surface area contributed by atoms with E-state index in [1.54, 1.807) is 19.9 Å². The van der Waals surface area contributed by atoms with Crippen LogP contribution >= 0.6 is 0 Å². The van der Waals surface area contributed by atoms with Crippen LogP contribution in [0, 0.1) is 13.8 Å². The van der Waals surface area contributed by atoms with Gasteiger partial charge in [-0.1, -0.05) is 12.1 Å². The molecule has 0 aliphatic carbocycles. The molecule has 0 bridgehead atoms. The van der Waals surface area contributed by atoms with Crippen LogP contribution in [0.15, 0.2) is 24.3 Å². The van der Waals surface area contributed by atoms with Gasteiger partial charge in [-0.25, -0.2) is 0 Å². The minimum Gasteiger partial charge on any atom is -0.390 e. The van der Waals surface area contributed by atoms with Gasteiger partial charge in [-0.2, -0.15) is 5.10 Å². The molecule has 2 rings (SSSR count). The Hall–Kier alpha value is -2.14. The Kier molecular flexibility index (Phi) is 5.21. The molecule has 1 amide bonds. The van der Waals surface area contributed by atoms with E-state index in [2.05, 4.69) is 15.5 Å². The third-order valence-electron chi connectivity index (χ3n) is 3.92. The summed E-state index contributed by atoms with van der Waals surface area (Å²) in [6, 6.07) is 7.55. The van der Waals surface area contributed by atoms with Gasteiger partial charge in [0.15, 0.2) is 0 Å². The Balaban J connectivity index is 1.99. The minimum absolute atomic E-state index is 0.102. The van der Waals surface area contributed by atoms with E-state index in [9.17, 15) is 9.90 Å². The van der Waals surface area contributed by atoms with Crippen molar-refractivity contribution in [3.63, 3.8) is 0 Å². The van der Waals surface area contributed by atoms with E-state index in [0.717, 1.165) is 28.9 Å². The number of nitrogens with one attached hydrogen (secondary N) is 2. The summed E-state index contributed by atoms with van der Waals surface area (Å²) in [5, 5.41) is 19.8. The number of hydrogen-bond acceptors (Lipinski definition) is 3. The predicted molar refractivity (Wildman–Crippen MR) is 90.3 cm³/mol. The maximum atomic E-state index is 12.3. The SMILES string of the molecule is Cc1n[nH]c(C)c1CNC(=O)c1cccc(CCC(C)(C)O)c1. The Labute approximate surface area is 137 Å². The number of aryl methyl sites for hydroxylation is 3. The summed E-state index contributed by atoms with van der Waals surface area (Å²) < 4.78 is 0. The maximum Gasteiger partial charge on any atom is 0.251 e. The van der Waals surface area contributed by atoms with Crippen molar-refractivity contribution < 1.29 is 9.90 Å². The third-order valence-corrected chi connectivity index (χ3v) is 3.92. The lowest BCUT2D eigenvalue weighted by atomic mass is 9.98. The van der Waals surface area contributed by atoms with Crippen molar-refractivity contribution in [2.24, 2.45) is 0 Å². The molecule has 0 saturated carbocycles. The van der Waals surface area contributed by atoms with Gasteiger partial charge in [-0.3, -0.25) is 9.89 Å². The van der Waals surface area contributed by atoms with Gasteiger partial charge in [0.25, 0.3) is 5.91 Å². The molecule has 5 heteroatoms. The molecule has 0 atom stereocenters. The van der Waals surface area contributed by atoms with E-state index in [-0.39, 0.29) is 5.91 Å². The van der Waals surface area contributed by atoms with Crippen LogP contribution in [0.25, 0.3) is 0 Å². The third kappa shape index (κ3) is 4.93. The Morgan fingerprint density at radius 2 is 2.09 bits per heavy atom. The Morgan fingerprint density at radius 1 is 1.35 bits per heavy atom. The highest BCUT2D eigenvalue weighted by atomic mass is 16.3. The summed E-state index contributed by atoms with van der Waals surface area (Å²) >= 11 is 0. The average Bonchev–Trinajstić information content (AvgIpc) is 2.81. The zero-order valence-corrected chi connectivity index (χ0v) is 14.2. The van der Waals surface area contributed by atoms with Gasteiger partial charge in [0.1, 0.15) is 0 Å². The van der Waals surface area contributed by atoms with Gasteiger partial charge in [-0.15, -0.1) is 0 Å². The van der Waals surface area contributed by atoms with Crippen molar-refractivity contribution in [1.29, 1.82) is 0 Å². The minimum atomic E-state index is -0.700. The fourth-order valence-corrected chi connectivity index (χ4v) is 2.42. The standard InChI is InChI=1S/C18H25N3O2/c1-12-16(13(2)21-20-12)11-19-17(22)15-7-5-6-14(10-15)8-9-18(3,4)23/h5-7,10,23H,8-9,11H2,1-4H3,(H,19,22)(H,20,21). The van der Waals surface area contributed by atoms with E-state index in [1.807, 2.05) is 32.0 Å². The highest BCUT2D eigenvalue weighted by Gasteiger charge is 2.13. The lowest BCUT2D eigenvalue weighted by Gasteiger charge is -2.16. The zero-order valence-electron chi connectivity index (χ0n) is 14.2. The van der Waals surface area contributed by atoms with Crippen LogP contribution in [0.4, 0.5) is 0 Å². The number of aromatic nitrogens is 2. The topological polar surface area (TPSA) is 78.0 Å². The average molecular weight is 315 g/mol. The number of nitrogens with zero attached hydrogens (tertiary/aromatic N) is 1. The van der Waals surface area contributed by atoms with E-state index >= 15 is 0 Å². The molecule has 0 aliphatic heterocycles. The molecule has 0 radical (unpaired) electrons. The van der Waals surface area contributed by atoms with Crippen molar-refractivity contribution in [2.45, 2.75) is 52.7 Å². The summed E-state index contributed by atoms with van der Waals surface area (Å²) in [7, 11) is 0. The summed E-state index contributed by atoms with van der Waals surface area (Å²) in [5.74, 6) is -0.102. The van der Waals surface area contributed by atoms with E-state index in [4.69, 9.17) is 0 Å². The molecule has 0 unspecified atom stereocenters. The first-order valence-electron chi connectivity index (χ1n) is 7.86. The molecular weight excluding hydrogens is 290 g/mol. The first kappa shape index (κ1) is 17.2. The van der Waals surface area contributed by atoms with Crippen molar-refractivity contribution in [3.8, 4) is 0 Å². The highest BCUT2D eigenvalue weighted by molar-refractivity contribution is 5.94. The van der Waals surface area contributed by atoms with Crippen LogP contribution < -0.4 is 5.32 Å². The monoisotopic (exact) mass is 315 g/mol. The van der Waals surface area contributed by atoms with Gasteiger partial charge in [-0.05, 0) is 58.2 Å². The lowest BCUT2D eigenvalue weighted by molar-refractivity contribution is 0.0714. The van der Waals surface area contributed by atoms with Gasteiger partial charge in [0.2, 0.25) is 0 Å². The molecular formula is C18H25N3O2. The summed E-state index contributed by atoms with van der Waals surface area (Å²) in [6.07, 6.45) is 1.40. The van der Waals surface area contributed by atoms with Crippen LogP contribution in [0.5, 0.6) is 0 Å². The number of rotatable bonds is 6. The van der Waals surface area contributed by atoms with E-state index < -0.39 is 5.60 Å². The Morgan fingerprint density at radius 3 is 2.70 bits per heavy atom. The van der Waals surface area contributed by atoms with Gasteiger partial charge < -0.3 is 10.4 Å². The molecule has 3 N–H and O–H groups in total. The van der Waals surface area contributed by atoms with Crippen molar-refractivity contribution in [2.75, 3.05) is 0 Å². The normalized spacial score (nSPS) is 11.5. The lowest BCUT2D eigenvalue weighted by Crippen LogP contribution is -2.23. The molecule has 1 aromatic heterocycles. The first-order chi connectivity index (χ1) is 10.8.